The maximum atomic E-state index is 13.4. The van der Waals surface area contributed by atoms with Crippen molar-refractivity contribution < 1.29 is 24.2 Å². The van der Waals surface area contributed by atoms with Gasteiger partial charge in [-0.15, -0.1) is 0 Å². The Morgan fingerprint density at radius 2 is 1.44 bits per heavy atom. The minimum absolute atomic E-state index is 0.0228. The van der Waals surface area contributed by atoms with Crippen molar-refractivity contribution in [2.45, 2.75) is 99.2 Å². The van der Waals surface area contributed by atoms with Crippen molar-refractivity contribution in [3.05, 3.63) is 0 Å². The summed E-state index contributed by atoms with van der Waals surface area (Å²) < 4.78 is 11.2. The van der Waals surface area contributed by atoms with Gasteiger partial charge in [0.15, 0.2) is 5.78 Å². The van der Waals surface area contributed by atoms with Crippen LogP contribution in [0.2, 0.25) is 0 Å². The SMILES string of the molecule is COCC(C)(C)COCC(C)(C)CNC(C)(C)C(=O)[C@H](CCC(=O)O)NC(C)(C)C(C)C. The molecule has 7 nitrogen and oxygen atoms in total. The van der Waals surface area contributed by atoms with Gasteiger partial charge < -0.3 is 25.2 Å². The monoisotopic (exact) mass is 458 g/mol. The summed E-state index contributed by atoms with van der Waals surface area (Å²) in [4.78, 5) is 24.6. The molecule has 0 aliphatic carbocycles. The lowest BCUT2D eigenvalue weighted by Gasteiger charge is -2.39. The third-order valence-electron chi connectivity index (χ3n) is 6.10. The van der Waals surface area contributed by atoms with E-state index in [2.05, 4.69) is 52.2 Å². The fraction of sp³-hybridized carbons (Fsp3) is 0.920. The fourth-order valence-electron chi connectivity index (χ4n) is 3.22. The molecule has 0 radical (unpaired) electrons. The van der Waals surface area contributed by atoms with Crippen LogP contribution in [0.25, 0.3) is 0 Å². The number of nitrogens with one attached hydrogen (secondary N) is 2. The lowest BCUT2D eigenvalue weighted by Crippen LogP contribution is -2.60. The predicted octanol–water partition coefficient (Wildman–Crippen LogP) is 3.90. The van der Waals surface area contributed by atoms with E-state index < -0.39 is 17.6 Å². The predicted molar refractivity (Wildman–Crippen MR) is 130 cm³/mol. The van der Waals surface area contributed by atoms with Crippen molar-refractivity contribution in [1.29, 1.82) is 0 Å². The molecule has 0 aromatic carbocycles. The smallest absolute Gasteiger partial charge is 0.303 e. The minimum atomic E-state index is -0.896. The number of ether oxygens (including phenoxy) is 2. The number of carboxylic acids is 1. The summed E-state index contributed by atoms with van der Waals surface area (Å²) in [7, 11) is 1.69. The molecule has 1 atom stereocenters. The average molecular weight is 459 g/mol. The van der Waals surface area contributed by atoms with Crippen molar-refractivity contribution in [3.63, 3.8) is 0 Å². The highest BCUT2D eigenvalue weighted by atomic mass is 16.5. The van der Waals surface area contributed by atoms with E-state index in [0.717, 1.165) is 0 Å². The lowest BCUT2D eigenvalue weighted by atomic mass is 9.84. The third kappa shape index (κ3) is 11.7. The molecule has 0 aliphatic rings. The van der Waals surface area contributed by atoms with E-state index >= 15 is 0 Å². The molecule has 0 unspecified atom stereocenters. The largest absolute Gasteiger partial charge is 0.481 e. The maximum absolute atomic E-state index is 13.4. The van der Waals surface area contributed by atoms with Gasteiger partial charge in [0.1, 0.15) is 0 Å². The van der Waals surface area contributed by atoms with E-state index in [1.165, 1.54) is 0 Å². The van der Waals surface area contributed by atoms with E-state index in [4.69, 9.17) is 14.6 Å². The normalized spacial score (nSPS) is 14.6. The first-order valence-corrected chi connectivity index (χ1v) is 11.7. The Labute approximate surface area is 196 Å². The molecule has 0 fully saturated rings. The molecule has 0 aliphatic heterocycles. The van der Waals surface area contributed by atoms with Crippen LogP contribution in [0.3, 0.4) is 0 Å². The molecule has 0 heterocycles. The Morgan fingerprint density at radius 3 is 1.91 bits per heavy atom. The van der Waals surface area contributed by atoms with E-state index in [1.807, 2.05) is 27.7 Å². The summed E-state index contributed by atoms with van der Waals surface area (Å²) in [6, 6.07) is -0.541. The highest BCUT2D eigenvalue weighted by Crippen LogP contribution is 2.23. The Kier molecular flexibility index (Phi) is 12.0. The van der Waals surface area contributed by atoms with E-state index in [0.29, 0.717) is 26.4 Å². The average Bonchev–Trinajstić information content (AvgIpc) is 2.62. The van der Waals surface area contributed by atoms with Crippen molar-refractivity contribution in [2.75, 3.05) is 33.5 Å². The van der Waals surface area contributed by atoms with Crippen molar-refractivity contribution in [1.82, 2.24) is 10.6 Å². The van der Waals surface area contributed by atoms with Crippen molar-refractivity contribution in [3.8, 4) is 0 Å². The molecule has 3 N–H and O–H groups in total. The second kappa shape index (κ2) is 12.4. The summed E-state index contributed by atoms with van der Waals surface area (Å²) in [6.45, 7) is 22.8. The zero-order chi connectivity index (χ0) is 25.4. The van der Waals surface area contributed by atoms with Gasteiger partial charge in [-0.1, -0.05) is 41.5 Å². The number of carbonyl (C=O) groups is 2. The molecular formula is C25H50N2O5. The first-order valence-electron chi connectivity index (χ1n) is 11.7. The number of rotatable bonds is 17. The zero-order valence-corrected chi connectivity index (χ0v) is 22.5. The molecule has 0 amide bonds. The van der Waals surface area contributed by atoms with Crippen LogP contribution in [0.1, 0.15) is 82.1 Å². The number of carbonyl (C=O) groups excluding carboxylic acids is 1. The van der Waals surface area contributed by atoms with Gasteiger partial charge >= 0.3 is 5.97 Å². The van der Waals surface area contributed by atoms with Gasteiger partial charge in [0, 0.05) is 36.4 Å². The van der Waals surface area contributed by atoms with Gasteiger partial charge in [-0.05, 0) is 40.0 Å². The standard InChI is InChI=1S/C25H50N2O5/c1-18(2)24(7,8)27-19(12-13-20(28)29)21(30)25(9,10)26-14-22(3,4)16-32-17-23(5,6)15-31-11/h18-19,26-27H,12-17H2,1-11H3,(H,28,29)/t19-/m0/s1. The first-order chi connectivity index (χ1) is 14.4. The van der Waals surface area contributed by atoms with E-state index in [1.54, 1.807) is 7.11 Å². The first kappa shape index (κ1) is 31.0. The summed E-state index contributed by atoms with van der Waals surface area (Å²) in [6.07, 6.45) is 0.209. The molecule has 0 aromatic heterocycles. The molecule has 7 heteroatoms. The van der Waals surface area contributed by atoms with Crippen molar-refractivity contribution in [2.24, 2.45) is 16.7 Å². The molecule has 0 spiro atoms. The number of hydrogen-bond donors (Lipinski definition) is 3. The summed E-state index contributed by atoms with van der Waals surface area (Å²) in [5.41, 5.74) is -1.34. The molecule has 0 saturated heterocycles. The van der Waals surface area contributed by atoms with Crippen LogP contribution >= 0.6 is 0 Å². The number of carboxylic acid groups (broad SMARTS) is 1. The number of aliphatic carboxylic acids is 1. The minimum Gasteiger partial charge on any atom is -0.481 e. The number of hydrogen-bond acceptors (Lipinski definition) is 6. The van der Waals surface area contributed by atoms with Crippen LogP contribution in [-0.4, -0.2) is 67.5 Å². The van der Waals surface area contributed by atoms with E-state index in [-0.39, 0.29) is 40.9 Å². The zero-order valence-electron chi connectivity index (χ0n) is 22.5. The molecule has 0 saturated carbocycles. The number of Topliss-reactive ketones (excluding diaryl/α,β-unsaturated/α-hetero) is 1. The van der Waals surface area contributed by atoms with Gasteiger partial charge in [-0.3, -0.25) is 9.59 Å². The fourth-order valence-corrected chi connectivity index (χ4v) is 3.22. The Bertz CT molecular complexity index is 597. The Morgan fingerprint density at radius 1 is 0.906 bits per heavy atom. The molecule has 190 valence electrons. The lowest BCUT2D eigenvalue weighted by molar-refractivity contribution is -0.137. The number of methoxy groups -OCH3 is 1. The van der Waals surface area contributed by atoms with Gasteiger partial charge in [0.25, 0.3) is 0 Å². The summed E-state index contributed by atoms with van der Waals surface area (Å²) >= 11 is 0. The molecule has 32 heavy (non-hydrogen) atoms. The van der Waals surface area contributed by atoms with Gasteiger partial charge in [-0.25, -0.2) is 0 Å². The molecule has 0 bridgehead atoms. The van der Waals surface area contributed by atoms with E-state index in [9.17, 15) is 9.59 Å². The second-order valence-electron chi connectivity index (χ2n) is 12.1. The van der Waals surface area contributed by atoms with Crippen LogP contribution < -0.4 is 10.6 Å². The second-order valence-corrected chi connectivity index (χ2v) is 12.1. The number of ketones is 1. The highest BCUT2D eigenvalue weighted by molar-refractivity contribution is 5.92. The summed E-state index contributed by atoms with van der Waals surface area (Å²) in [5.74, 6) is -0.630. The maximum Gasteiger partial charge on any atom is 0.303 e. The third-order valence-corrected chi connectivity index (χ3v) is 6.10. The molecule has 0 aromatic rings. The van der Waals surface area contributed by atoms with Crippen molar-refractivity contribution >= 4 is 11.8 Å². The quantitative estimate of drug-likeness (QED) is 0.304. The Hall–Kier alpha value is -1.02. The Balaban J connectivity index is 5.12. The van der Waals surface area contributed by atoms with Crippen LogP contribution in [0.5, 0.6) is 0 Å². The molecular weight excluding hydrogens is 408 g/mol. The molecule has 0 rings (SSSR count). The highest BCUT2D eigenvalue weighted by Gasteiger charge is 2.38. The van der Waals surface area contributed by atoms with Crippen LogP contribution in [0.15, 0.2) is 0 Å². The van der Waals surface area contributed by atoms with Gasteiger partial charge in [0.05, 0.1) is 31.4 Å². The van der Waals surface area contributed by atoms with Crippen LogP contribution in [0, 0.1) is 16.7 Å². The summed E-state index contributed by atoms with van der Waals surface area (Å²) in [5, 5.41) is 16.0. The van der Waals surface area contributed by atoms with Crippen LogP contribution in [0.4, 0.5) is 0 Å². The topological polar surface area (TPSA) is 96.9 Å². The van der Waals surface area contributed by atoms with Gasteiger partial charge in [-0.2, -0.15) is 0 Å². The van der Waals surface area contributed by atoms with Crippen LogP contribution in [-0.2, 0) is 19.1 Å². The van der Waals surface area contributed by atoms with Gasteiger partial charge in [0.2, 0.25) is 0 Å².